The minimum Gasteiger partial charge on any atom is -0.355 e. The summed E-state index contributed by atoms with van der Waals surface area (Å²) in [7, 11) is 4.19. The minimum absolute atomic E-state index is 0.125. The molecule has 2 rings (SSSR count). The monoisotopic (exact) mass is 368 g/mol. The van der Waals surface area contributed by atoms with E-state index in [1.807, 2.05) is 0 Å². The molecule has 1 fully saturated rings. The number of hydrogen-bond donors (Lipinski definition) is 0. The topological polar surface area (TPSA) is 52.9 Å². The second-order valence-corrected chi connectivity index (χ2v) is 7.72. The molecule has 6 nitrogen and oxygen atoms in total. The van der Waals surface area contributed by atoms with Crippen molar-refractivity contribution in [3.63, 3.8) is 0 Å². The fraction of sp³-hybridized carbons (Fsp3) is 0.562. The van der Waals surface area contributed by atoms with Crippen LogP contribution in [0.5, 0.6) is 0 Å². The van der Waals surface area contributed by atoms with Gasteiger partial charge in [-0.1, -0.05) is 36.1 Å². The molecule has 1 saturated heterocycles. The zero-order valence-electron chi connectivity index (χ0n) is 14.2. The molecular formula is C16H24N4O2S2. The van der Waals surface area contributed by atoms with Crippen molar-refractivity contribution in [3.8, 4) is 0 Å². The predicted octanol–water partition coefficient (Wildman–Crippen LogP) is 2.29. The molecule has 0 saturated carbocycles. The van der Waals surface area contributed by atoms with Crippen molar-refractivity contribution >= 4 is 34.0 Å². The van der Waals surface area contributed by atoms with E-state index in [9.17, 15) is 10.1 Å². The molecule has 0 spiro atoms. The Morgan fingerprint density at radius 1 is 1.25 bits per heavy atom. The van der Waals surface area contributed by atoms with Gasteiger partial charge in [0.05, 0.1) is 4.92 Å². The zero-order chi connectivity index (χ0) is 17.5. The summed E-state index contributed by atoms with van der Waals surface area (Å²) in [6.45, 7) is 6.22. The molecule has 8 heteroatoms. The summed E-state index contributed by atoms with van der Waals surface area (Å²) < 4.78 is 0.917. The summed E-state index contributed by atoms with van der Waals surface area (Å²) >= 11 is 7.17. The van der Waals surface area contributed by atoms with Crippen molar-refractivity contribution in [2.75, 3.05) is 53.4 Å². The lowest BCUT2D eigenvalue weighted by atomic mass is 10.2. The van der Waals surface area contributed by atoms with Crippen LogP contribution in [0, 0.1) is 10.1 Å². The summed E-state index contributed by atoms with van der Waals surface area (Å²) in [5, 5.41) is 10.7. The summed E-state index contributed by atoms with van der Waals surface area (Å²) in [4.78, 5) is 17.2. The van der Waals surface area contributed by atoms with E-state index in [4.69, 9.17) is 12.2 Å². The maximum atomic E-state index is 10.7. The number of hydrogen-bond acceptors (Lipinski definition) is 6. The third-order valence-electron chi connectivity index (χ3n) is 4.00. The lowest BCUT2D eigenvalue weighted by Gasteiger charge is -2.36. The van der Waals surface area contributed by atoms with Gasteiger partial charge in [0.2, 0.25) is 0 Å². The number of nitrogens with zero attached hydrogens (tertiary/aromatic N) is 4. The number of benzene rings is 1. The van der Waals surface area contributed by atoms with E-state index in [1.165, 1.54) is 0 Å². The van der Waals surface area contributed by atoms with Crippen molar-refractivity contribution in [1.29, 1.82) is 0 Å². The van der Waals surface area contributed by atoms with E-state index in [0.717, 1.165) is 54.9 Å². The van der Waals surface area contributed by atoms with Crippen LogP contribution < -0.4 is 0 Å². The number of rotatable bonds is 6. The Bertz CT molecular complexity index is 558. The number of likely N-dealkylation sites (N-methyl/N-ethyl adjacent to an activating group) is 1. The highest BCUT2D eigenvalue weighted by atomic mass is 32.2. The van der Waals surface area contributed by atoms with E-state index in [2.05, 4.69) is 28.8 Å². The van der Waals surface area contributed by atoms with Crippen LogP contribution in [0.2, 0.25) is 0 Å². The largest absolute Gasteiger partial charge is 0.355 e. The van der Waals surface area contributed by atoms with E-state index in [0.29, 0.717) is 0 Å². The van der Waals surface area contributed by atoms with Crippen molar-refractivity contribution in [2.45, 2.75) is 5.75 Å². The van der Waals surface area contributed by atoms with Gasteiger partial charge >= 0.3 is 0 Å². The molecule has 0 amide bonds. The third-order valence-corrected chi connectivity index (χ3v) is 5.60. The van der Waals surface area contributed by atoms with Crippen molar-refractivity contribution in [1.82, 2.24) is 14.7 Å². The molecule has 1 aromatic rings. The Kier molecular flexibility index (Phi) is 7.41. The lowest BCUT2D eigenvalue weighted by molar-refractivity contribution is -0.384. The Morgan fingerprint density at radius 3 is 2.42 bits per heavy atom. The summed E-state index contributed by atoms with van der Waals surface area (Å²) in [6, 6.07) is 6.69. The molecule has 0 N–H and O–H groups in total. The smallest absolute Gasteiger partial charge is 0.269 e. The minimum atomic E-state index is -0.378. The number of piperazine rings is 1. The van der Waals surface area contributed by atoms with E-state index in [1.54, 1.807) is 36.0 Å². The molecule has 0 radical (unpaired) electrons. The fourth-order valence-electron chi connectivity index (χ4n) is 2.45. The van der Waals surface area contributed by atoms with Gasteiger partial charge in [0.25, 0.3) is 5.69 Å². The normalized spacial score (nSPS) is 15.7. The van der Waals surface area contributed by atoms with Crippen molar-refractivity contribution in [3.05, 3.63) is 39.9 Å². The summed E-state index contributed by atoms with van der Waals surface area (Å²) in [6.07, 6.45) is 0. The molecule has 132 valence electrons. The number of thiocarbonyl (C=S) groups is 1. The maximum Gasteiger partial charge on any atom is 0.269 e. The molecule has 0 aliphatic carbocycles. The zero-order valence-corrected chi connectivity index (χ0v) is 15.8. The number of thioether (sulfide) groups is 1. The predicted molar refractivity (Wildman–Crippen MR) is 104 cm³/mol. The van der Waals surface area contributed by atoms with Crippen LogP contribution >= 0.6 is 24.0 Å². The van der Waals surface area contributed by atoms with Crippen molar-refractivity contribution in [2.24, 2.45) is 0 Å². The molecule has 1 aromatic carbocycles. The van der Waals surface area contributed by atoms with Gasteiger partial charge < -0.3 is 9.80 Å². The maximum absolute atomic E-state index is 10.7. The van der Waals surface area contributed by atoms with Crippen LogP contribution in [0.15, 0.2) is 24.3 Å². The average Bonchev–Trinajstić information content (AvgIpc) is 2.58. The molecule has 0 aromatic heterocycles. The van der Waals surface area contributed by atoms with E-state index >= 15 is 0 Å². The van der Waals surface area contributed by atoms with Gasteiger partial charge in [-0.15, -0.1) is 0 Å². The van der Waals surface area contributed by atoms with Crippen LogP contribution in [0.4, 0.5) is 5.69 Å². The number of nitro groups is 1. The lowest BCUT2D eigenvalue weighted by Crippen LogP contribution is -2.49. The average molecular weight is 369 g/mol. The first-order chi connectivity index (χ1) is 11.5. The molecule has 24 heavy (non-hydrogen) atoms. The fourth-order valence-corrected chi connectivity index (χ4v) is 3.65. The molecule has 1 aliphatic rings. The van der Waals surface area contributed by atoms with Gasteiger partial charge in [-0.2, -0.15) is 0 Å². The highest BCUT2D eigenvalue weighted by Gasteiger charge is 2.19. The Balaban J connectivity index is 1.72. The van der Waals surface area contributed by atoms with Crippen LogP contribution in [-0.2, 0) is 5.75 Å². The Labute approximate surface area is 152 Å². The molecule has 0 atom stereocenters. The Morgan fingerprint density at radius 2 is 1.88 bits per heavy atom. The van der Waals surface area contributed by atoms with Crippen LogP contribution in [0.25, 0.3) is 0 Å². The first kappa shape index (κ1) is 19.1. The van der Waals surface area contributed by atoms with Gasteiger partial charge in [0.1, 0.15) is 4.32 Å². The van der Waals surface area contributed by atoms with Crippen LogP contribution in [0.1, 0.15) is 5.56 Å². The highest BCUT2D eigenvalue weighted by Crippen LogP contribution is 2.20. The number of nitro benzene ring substituents is 1. The second-order valence-electron chi connectivity index (χ2n) is 6.11. The standard InChI is InChI=1S/C16H24N4O2S2/c1-17(2)7-8-18-9-11-19(12-10-18)16(23)24-13-14-3-5-15(6-4-14)20(21)22/h3-6H,7-13H2,1-2H3. The number of non-ortho nitro benzene ring substituents is 1. The second kappa shape index (κ2) is 9.31. The van der Waals surface area contributed by atoms with Crippen LogP contribution in [0.3, 0.4) is 0 Å². The van der Waals surface area contributed by atoms with Gasteiger partial charge in [-0.25, -0.2) is 0 Å². The summed E-state index contributed by atoms with van der Waals surface area (Å²) in [5.74, 6) is 0.748. The van der Waals surface area contributed by atoms with E-state index < -0.39 is 0 Å². The van der Waals surface area contributed by atoms with Gasteiger partial charge in [0.15, 0.2) is 0 Å². The summed E-state index contributed by atoms with van der Waals surface area (Å²) in [5.41, 5.74) is 1.18. The first-order valence-corrected chi connectivity index (χ1v) is 9.37. The first-order valence-electron chi connectivity index (χ1n) is 7.98. The third kappa shape index (κ3) is 6.01. The highest BCUT2D eigenvalue weighted by molar-refractivity contribution is 8.22. The van der Waals surface area contributed by atoms with Crippen molar-refractivity contribution < 1.29 is 4.92 Å². The molecule has 1 heterocycles. The van der Waals surface area contributed by atoms with Gasteiger partial charge in [-0.05, 0) is 19.7 Å². The Hall–Kier alpha value is -1.22. The van der Waals surface area contributed by atoms with E-state index in [-0.39, 0.29) is 10.6 Å². The SMILES string of the molecule is CN(C)CCN1CCN(C(=S)SCc2ccc([N+](=O)[O-])cc2)CC1. The molecule has 1 aliphatic heterocycles. The van der Waals surface area contributed by atoms with Crippen LogP contribution in [-0.4, -0.2) is 77.3 Å². The quantitative estimate of drug-likeness (QED) is 0.434. The molecular weight excluding hydrogens is 344 g/mol. The molecule has 0 unspecified atom stereocenters. The van der Waals surface area contributed by atoms with Gasteiger partial charge in [0, 0.05) is 57.2 Å². The molecule has 0 bridgehead atoms. The van der Waals surface area contributed by atoms with Gasteiger partial charge in [-0.3, -0.25) is 15.0 Å².